The zero-order chi connectivity index (χ0) is 23.2. The molecule has 7 aromatic rings. The molecule has 0 saturated carbocycles. The van der Waals surface area contributed by atoms with Gasteiger partial charge in [-0.05, 0) is 34.0 Å². The minimum atomic E-state index is 0.685. The highest BCUT2D eigenvalue weighted by atomic mass is 16.3. The van der Waals surface area contributed by atoms with Crippen molar-refractivity contribution >= 4 is 32.8 Å². The van der Waals surface area contributed by atoms with E-state index in [9.17, 15) is 0 Å². The predicted molar refractivity (Wildman–Crippen MR) is 143 cm³/mol. The quantitative estimate of drug-likeness (QED) is 0.272. The average molecular weight is 449 g/mol. The third-order valence-electron chi connectivity index (χ3n) is 6.48. The number of hydrogen-bond acceptors (Lipinski definition) is 3. The van der Waals surface area contributed by atoms with Crippen molar-refractivity contribution in [3.63, 3.8) is 0 Å². The third-order valence-corrected chi connectivity index (χ3v) is 6.48. The van der Waals surface area contributed by atoms with E-state index in [4.69, 9.17) is 14.4 Å². The molecule has 0 bridgehead atoms. The zero-order valence-electron chi connectivity index (χ0n) is 18.8. The molecule has 3 heteroatoms. The maximum Gasteiger partial charge on any atom is 0.180 e. The van der Waals surface area contributed by atoms with Crippen LogP contribution in [0, 0.1) is 0 Å². The minimum absolute atomic E-state index is 0.685. The van der Waals surface area contributed by atoms with Crippen LogP contribution in [0.3, 0.4) is 0 Å². The Balaban J connectivity index is 1.55. The van der Waals surface area contributed by atoms with Crippen molar-refractivity contribution in [1.82, 2.24) is 9.97 Å². The average Bonchev–Trinajstić information content (AvgIpc) is 3.33. The number of hydrogen-bond donors (Lipinski definition) is 0. The molecule has 35 heavy (non-hydrogen) atoms. The van der Waals surface area contributed by atoms with Gasteiger partial charge in [-0.1, -0.05) is 109 Å². The van der Waals surface area contributed by atoms with E-state index in [2.05, 4.69) is 91.0 Å². The Bertz CT molecular complexity index is 1840. The van der Waals surface area contributed by atoms with Gasteiger partial charge in [-0.15, -0.1) is 0 Å². The highest BCUT2D eigenvalue weighted by Gasteiger charge is 2.19. The van der Waals surface area contributed by atoms with Crippen LogP contribution >= 0.6 is 0 Å². The molecule has 3 nitrogen and oxygen atoms in total. The molecule has 0 fully saturated rings. The lowest BCUT2D eigenvalue weighted by molar-refractivity contribution is 0.667. The van der Waals surface area contributed by atoms with Crippen LogP contribution in [-0.4, -0.2) is 9.97 Å². The Morgan fingerprint density at radius 1 is 0.514 bits per heavy atom. The highest BCUT2D eigenvalue weighted by molar-refractivity contribution is 6.19. The Morgan fingerprint density at radius 2 is 1.20 bits per heavy atom. The molecule has 0 spiro atoms. The van der Waals surface area contributed by atoms with Gasteiger partial charge in [0.2, 0.25) is 0 Å². The molecule has 7 rings (SSSR count). The molecule has 5 aromatic carbocycles. The first-order valence-electron chi connectivity index (χ1n) is 11.7. The van der Waals surface area contributed by atoms with Crippen LogP contribution < -0.4 is 0 Å². The first kappa shape index (κ1) is 19.7. The Morgan fingerprint density at radius 3 is 2.03 bits per heavy atom. The van der Waals surface area contributed by atoms with Gasteiger partial charge in [0.25, 0.3) is 0 Å². The van der Waals surface area contributed by atoms with Crippen molar-refractivity contribution in [2.24, 2.45) is 0 Å². The summed E-state index contributed by atoms with van der Waals surface area (Å²) in [5.41, 5.74) is 7.45. The second-order valence-corrected chi connectivity index (χ2v) is 8.65. The van der Waals surface area contributed by atoms with Gasteiger partial charge in [-0.25, -0.2) is 9.97 Å². The lowest BCUT2D eigenvalue weighted by atomic mass is 10.0. The SMILES string of the molecule is c1ccc(-c2cccc(-c3nc(-c4ccccc4)c4oc5ccc6ccccc6c5c4n3)c2)cc1. The number of furan rings is 1. The highest BCUT2D eigenvalue weighted by Crippen LogP contribution is 2.39. The van der Waals surface area contributed by atoms with Crippen LogP contribution in [0.5, 0.6) is 0 Å². The lowest BCUT2D eigenvalue weighted by Gasteiger charge is -2.08. The minimum Gasteiger partial charge on any atom is -0.452 e. The van der Waals surface area contributed by atoms with E-state index in [1.807, 2.05) is 30.3 Å². The van der Waals surface area contributed by atoms with Gasteiger partial charge < -0.3 is 4.42 Å². The van der Waals surface area contributed by atoms with Gasteiger partial charge in [-0.3, -0.25) is 0 Å². The van der Waals surface area contributed by atoms with Gasteiger partial charge in [0.05, 0.1) is 5.39 Å². The fraction of sp³-hybridized carbons (Fsp3) is 0. The monoisotopic (exact) mass is 448 g/mol. The maximum atomic E-state index is 6.41. The number of nitrogens with zero attached hydrogens (tertiary/aromatic N) is 2. The summed E-state index contributed by atoms with van der Waals surface area (Å²) in [7, 11) is 0. The van der Waals surface area contributed by atoms with E-state index < -0.39 is 0 Å². The molecule has 164 valence electrons. The Labute approximate surface area is 202 Å². The van der Waals surface area contributed by atoms with E-state index in [1.54, 1.807) is 0 Å². The van der Waals surface area contributed by atoms with Gasteiger partial charge >= 0.3 is 0 Å². The second kappa shape index (κ2) is 7.93. The molecule has 2 aromatic heterocycles. The molecule has 0 radical (unpaired) electrons. The van der Waals surface area contributed by atoms with Crippen molar-refractivity contribution in [3.8, 4) is 33.8 Å². The van der Waals surface area contributed by atoms with Crippen molar-refractivity contribution in [2.75, 3.05) is 0 Å². The molecule has 0 saturated heterocycles. The first-order chi connectivity index (χ1) is 17.3. The van der Waals surface area contributed by atoms with Gasteiger partial charge in [0, 0.05) is 11.1 Å². The summed E-state index contributed by atoms with van der Waals surface area (Å²) in [6.45, 7) is 0. The Kier molecular flexibility index (Phi) is 4.46. The smallest absolute Gasteiger partial charge is 0.180 e. The summed E-state index contributed by atoms with van der Waals surface area (Å²) in [6, 6.07) is 41.5. The summed E-state index contributed by atoms with van der Waals surface area (Å²) >= 11 is 0. The van der Waals surface area contributed by atoms with E-state index in [0.29, 0.717) is 11.4 Å². The number of aromatic nitrogens is 2. The predicted octanol–water partition coefficient (Wildman–Crippen LogP) is 8.53. The van der Waals surface area contributed by atoms with Crippen LogP contribution in [-0.2, 0) is 0 Å². The molecular formula is C32H20N2O. The van der Waals surface area contributed by atoms with Crippen molar-refractivity contribution in [2.45, 2.75) is 0 Å². The molecular weight excluding hydrogens is 428 g/mol. The molecule has 0 unspecified atom stereocenters. The van der Waals surface area contributed by atoms with E-state index in [1.165, 1.54) is 5.56 Å². The van der Waals surface area contributed by atoms with Crippen molar-refractivity contribution in [3.05, 3.63) is 121 Å². The molecule has 0 aliphatic carbocycles. The standard InChI is InChI=1S/C32H20N2O/c1-3-10-21(11-4-1)24-15-9-16-25(20-24)32-33-29(23-13-5-2-6-14-23)31-30(34-32)28-26-17-8-7-12-22(26)18-19-27(28)35-31/h1-20H. The van der Waals surface area contributed by atoms with Crippen LogP contribution in [0.15, 0.2) is 126 Å². The number of fused-ring (bicyclic) bond motifs is 5. The van der Waals surface area contributed by atoms with E-state index in [0.717, 1.165) is 49.6 Å². The molecule has 0 aliphatic rings. The molecule has 0 amide bonds. The normalized spacial score (nSPS) is 11.4. The topological polar surface area (TPSA) is 38.9 Å². The van der Waals surface area contributed by atoms with Crippen molar-refractivity contribution < 1.29 is 4.42 Å². The summed E-state index contributed by atoms with van der Waals surface area (Å²) < 4.78 is 6.41. The third kappa shape index (κ3) is 3.29. The largest absolute Gasteiger partial charge is 0.452 e. The lowest BCUT2D eigenvalue weighted by Crippen LogP contribution is -1.94. The fourth-order valence-corrected chi connectivity index (χ4v) is 4.80. The first-order valence-corrected chi connectivity index (χ1v) is 11.7. The zero-order valence-corrected chi connectivity index (χ0v) is 18.8. The summed E-state index contributed by atoms with van der Waals surface area (Å²) in [4.78, 5) is 10.1. The molecule has 2 heterocycles. The fourth-order valence-electron chi connectivity index (χ4n) is 4.80. The van der Waals surface area contributed by atoms with Crippen LogP contribution in [0.25, 0.3) is 66.6 Å². The summed E-state index contributed by atoms with van der Waals surface area (Å²) in [5.74, 6) is 0.685. The van der Waals surface area contributed by atoms with Crippen LogP contribution in [0.1, 0.15) is 0 Å². The van der Waals surface area contributed by atoms with Crippen LogP contribution in [0.4, 0.5) is 0 Å². The summed E-state index contributed by atoms with van der Waals surface area (Å²) in [5, 5.41) is 3.32. The Hall–Kier alpha value is -4.76. The maximum absolute atomic E-state index is 6.41. The summed E-state index contributed by atoms with van der Waals surface area (Å²) in [6.07, 6.45) is 0. The van der Waals surface area contributed by atoms with E-state index >= 15 is 0 Å². The molecule has 0 aliphatic heterocycles. The van der Waals surface area contributed by atoms with Gasteiger partial charge in [0.15, 0.2) is 11.4 Å². The molecule has 0 atom stereocenters. The number of rotatable bonds is 3. The van der Waals surface area contributed by atoms with Gasteiger partial charge in [-0.2, -0.15) is 0 Å². The van der Waals surface area contributed by atoms with Crippen LogP contribution in [0.2, 0.25) is 0 Å². The van der Waals surface area contributed by atoms with Crippen molar-refractivity contribution in [1.29, 1.82) is 0 Å². The number of benzene rings is 5. The second-order valence-electron chi connectivity index (χ2n) is 8.65. The van der Waals surface area contributed by atoms with E-state index in [-0.39, 0.29) is 0 Å². The molecule has 0 N–H and O–H groups in total. The van der Waals surface area contributed by atoms with Gasteiger partial charge in [0.1, 0.15) is 16.8 Å².